The zero-order valence-corrected chi connectivity index (χ0v) is 18.7. The number of amides is 1. The molecule has 7 nitrogen and oxygen atoms in total. The number of sulfonamides is 1. The summed E-state index contributed by atoms with van der Waals surface area (Å²) in [6.07, 6.45) is 8.52. The van der Waals surface area contributed by atoms with Crippen molar-refractivity contribution < 1.29 is 22.7 Å². The van der Waals surface area contributed by atoms with Gasteiger partial charge in [0, 0.05) is 32.7 Å². The summed E-state index contributed by atoms with van der Waals surface area (Å²) in [7, 11) is -1.94. The number of nitrogens with zero attached hydrogens (tertiary/aromatic N) is 1. The molecule has 0 radical (unpaired) electrons. The Morgan fingerprint density at radius 2 is 1.90 bits per heavy atom. The number of ether oxygens (including phenoxy) is 2. The van der Waals surface area contributed by atoms with Gasteiger partial charge in [0.05, 0.1) is 18.1 Å². The molecule has 8 heteroatoms. The van der Waals surface area contributed by atoms with Crippen LogP contribution >= 0.6 is 0 Å². The third-order valence-electron chi connectivity index (χ3n) is 5.88. The summed E-state index contributed by atoms with van der Waals surface area (Å²) < 4.78 is 38.3. The second-order valence-electron chi connectivity index (χ2n) is 8.07. The molecule has 1 aliphatic carbocycles. The van der Waals surface area contributed by atoms with E-state index in [9.17, 15) is 13.2 Å². The Kier molecular flexibility index (Phi) is 8.53. The summed E-state index contributed by atoms with van der Waals surface area (Å²) in [6.45, 7) is 2.40. The minimum absolute atomic E-state index is 0.0503. The average Bonchev–Trinajstić information content (AvgIpc) is 3.46. The minimum atomic E-state index is -3.49. The lowest BCUT2D eigenvalue weighted by atomic mass is 10.1. The molecule has 1 heterocycles. The molecule has 1 saturated heterocycles. The molecule has 1 amide bonds. The highest BCUT2D eigenvalue weighted by atomic mass is 32.2. The lowest BCUT2D eigenvalue weighted by Crippen LogP contribution is -2.28. The van der Waals surface area contributed by atoms with Crippen LogP contribution in [-0.4, -0.2) is 58.1 Å². The third-order valence-corrected chi connectivity index (χ3v) is 7.77. The van der Waals surface area contributed by atoms with Crippen molar-refractivity contribution >= 4 is 15.9 Å². The van der Waals surface area contributed by atoms with Gasteiger partial charge in [-0.05, 0) is 62.3 Å². The first-order valence-corrected chi connectivity index (χ1v) is 12.5. The van der Waals surface area contributed by atoms with Crippen LogP contribution in [0.4, 0.5) is 0 Å². The van der Waals surface area contributed by atoms with E-state index in [1.165, 1.54) is 17.1 Å². The Labute approximate surface area is 180 Å². The Morgan fingerprint density at radius 3 is 2.60 bits per heavy atom. The van der Waals surface area contributed by atoms with Crippen molar-refractivity contribution in [3.63, 3.8) is 0 Å². The lowest BCUT2D eigenvalue weighted by Gasteiger charge is -2.17. The molecular formula is C22H34N2O5S. The Bertz CT molecular complexity index is 800. The van der Waals surface area contributed by atoms with Crippen molar-refractivity contribution in [1.29, 1.82) is 0 Å². The zero-order valence-electron chi connectivity index (χ0n) is 17.9. The van der Waals surface area contributed by atoms with Crippen molar-refractivity contribution in [3.05, 3.63) is 23.8 Å². The van der Waals surface area contributed by atoms with Gasteiger partial charge in [-0.15, -0.1) is 0 Å². The number of methoxy groups -OCH3 is 1. The molecule has 2 fully saturated rings. The molecular weight excluding hydrogens is 404 g/mol. The predicted molar refractivity (Wildman–Crippen MR) is 115 cm³/mol. The Hall–Kier alpha value is -1.64. The van der Waals surface area contributed by atoms with Crippen molar-refractivity contribution in [2.75, 3.05) is 33.4 Å². The molecule has 2 aliphatic rings. The summed E-state index contributed by atoms with van der Waals surface area (Å²) in [5.74, 6) is 0.554. The predicted octanol–water partition coefficient (Wildman–Crippen LogP) is 2.88. The van der Waals surface area contributed by atoms with Crippen molar-refractivity contribution in [2.45, 2.75) is 68.8 Å². The van der Waals surface area contributed by atoms with E-state index >= 15 is 0 Å². The smallest absolute Gasteiger partial charge is 0.243 e. The van der Waals surface area contributed by atoms with Crippen molar-refractivity contribution in [1.82, 2.24) is 9.62 Å². The van der Waals surface area contributed by atoms with Crippen LogP contribution in [0.15, 0.2) is 23.1 Å². The first-order chi connectivity index (χ1) is 14.5. The molecule has 0 atom stereocenters. The number of benzene rings is 1. The molecule has 3 rings (SSSR count). The topological polar surface area (TPSA) is 84.9 Å². The summed E-state index contributed by atoms with van der Waals surface area (Å²) >= 11 is 0. The summed E-state index contributed by atoms with van der Waals surface area (Å²) in [5.41, 5.74) is 0.734. The van der Waals surface area contributed by atoms with Gasteiger partial charge in [0.2, 0.25) is 15.9 Å². The number of hydrogen-bond donors (Lipinski definition) is 1. The van der Waals surface area contributed by atoms with E-state index in [-0.39, 0.29) is 17.2 Å². The summed E-state index contributed by atoms with van der Waals surface area (Å²) in [4.78, 5) is 12.5. The maximum Gasteiger partial charge on any atom is 0.243 e. The van der Waals surface area contributed by atoms with Crippen molar-refractivity contribution in [3.8, 4) is 5.75 Å². The molecule has 0 aromatic heterocycles. The van der Waals surface area contributed by atoms with E-state index < -0.39 is 10.0 Å². The molecule has 30 heavy (non-hydrogen) atoms. The van der Waals surface area contributed by atoms with Gasteiger partial charge in [-0.1, -0.05) is 12.8 Å². The van der Waals surface area contributed by atoms with Crippen LogP contribution in [0.3, 0.4) is 0 Å². The van der Waals surface area contributed by atoms with E-state index in [4.69, 9.17) is 9.47 Å². The molecule has 1 aliphatic heterocycles. The van der Waals surface area contributed by atoms with E-state index in [1.54, 1.807) is 25.3 Å². The Morgan fingerprint density at radius 1 is 1.17 bits per heavy atom. The SMILES string of the molecule is COc1ccc(S(=O)(=O)N2CCCC2)cc1CCC(=O)NCCCOC1CCCC1. The second kappa shape index (κ2) is 11.1. The van der Waals surface area contributed by atoms with E-state index in [2.05, 4.69) is 5.32 Å². The molecule has 1 N–H and O–H groups in total. The number of aryl methyl sites for hydroxylation is 1. The molecule has 1 aromatic carbocycles. The van der Waals surface area contributed by atoms with Gasteiger partial charge in [0.15, 0.2) is 0 Å². The van der Waals surface area contributed by atoms with E-state index in [0.29, 0.717) is 44.5 Å². The van der Waals surface area contributed by atoms with E-state index in [0.717, 1.165) is 37.7 Å². The van der Waals surface area contributed by atoms with Crippen LogP contribution in [0.2, 0.25) is 0 Å². The average molecular weight is 439 g/mol. The fourth-order valence-corrected chi connectivity index (χ4v) is 5.70. The van der Waals surface area contributed by atoms with Crippen LogP contribution in [-0.2, 0) is 26.0 Å². The monoisotopic (exact) mass is 438 g/mol. The van der Waals surface area contributed by atoms with Crippen LogP contribution in [0, 0.1) is 0 Å². The molecule has 1 aromatic rings. The van der Waals surface area contributed by atoms with Gasteiger partial charge in [0.25, 0.3) is 0 Å². The van der Waals surface area contributed by atoms with Gasteiger partial charge in [-0.25, -0.2) is 8.42 Å². The molecule has 0 unspecified atom stereocenters. The third kappa shape index (κ3) is 6.18. The second-order valence-corrected chi connectivity index (χ2v) is 10.0. The van der Waals surface area contributed by atoms with Gasteiger partial charge in [0.1, 0.15) is 5.75 Å². The normalized spacial score (nSPS) is 18.0. The highest BCUT2D eigenvalue weighted by molar-refractivity contribution is 7.89. The van der Waals surface area contributed by atoms with Crippen LogP contribution in [0.5, 0.6) is 5.75 Å². The zero-order chi connectivity index (χ0) is 21.4. The van der Waals surface area contributed by atoms with Gasteiger partial charge in [-0.3, -0.25) is 4.79 Å². The highest BCUT2D eigenvalue weighted by Crippen LogP contribution is 2.27. The van der Waals surface area contributed by atoms with Crippen LogP contribution in [0.1, 0.15) is 56.9 Å². The number of rotatable bonds is 11. The maximum atomic E-state index is 12.8. The van der Waals surface area contributed by atoms with Crippen molar-refractivity contribution in [2.24, 2.45) is 0 Å². The molecule has 0 bridgehead atoms. The summed E-state index contributed by atoms with van der Waals surface area (Å²) in [6, 6.07) is 4.91. The highest BCUT2D eigenvalue weighted by Gasteiger charge is 2.27. The van der Waals surface area contributed by atoms with Crippen LogP contribution < -0.4 is 10.1 Å². The largest absolute Gasteiger partial charge is 0.496 e. The standard InChI is InChI=1S/C22H34N2O5S/c1-28-21-11-10-20(30(26,27)24-14-4-5-15-24)17-18(21)9-12-22(25)23-13-6-16-29-19-7-2-3-8-19/h10-11,17,19H,2-9,12-16H2,1H3,(H,23,25). The first kappa shape index (κ1) is 23.0. The number of nitrogens with one attached hydrogen (secondary N) is 1. The summed E-state index contributed by atoms with van der Waals surface area (Å²) in [5, 5.41) is 2.92. The first-order valence-electron chi connectivity index (χ1n) is 11.1. The molecule has 168 valence electrons. The fourth-order valence-electron chi connectivity index (χ4n) is 4.13. The van der Waals surface area contributed by atoms with Crippen LogP contribution in [0.25, 0.3) is 0 Å². The quantitative estimate of drug-likeness (QED) is 0.537. The molecule has 0 spiro atoms. The number of carbonyl (C=O) groups is 1. The van der Waals surface area contributed by atoms with Gasteiger partial charge in [-0.2, -0.15) is 4.31 Å². The lowest BCUT2D eigenvalue weighted by molar-refractivity contribution is -0.121. The fraction of sp³-hybridized carbons (Fsp3) is 0.682. The van der Waals surface area contributed by atoms with Gasteiger partial charge < -0.3 is 14.8 Å². The Balaban J connectivity index is 1.48. The van der Waals surface area contributed by atoms with Gasteiger partial charge >= 0.3 is 0 Å². The number of carbonyl (C=O) groups excluding carboxylic acids is 1. The number of hydrogen-bond acceptors (Lipinski definition) is 5. The molecule has 1 saturated carbocycles. The minimum Gasteiger partial charge on any atom is -0.496 e. The maximum absolute atomic E-state index is 12.8. The van der Waals surface area contributed by atoms with E-state index in [1.807, 2.05) is 0 Å².